The molecular weight excluding hydrogens is 285 g/mol. The number of hydrogen-bond acceptors (Lipinski definition) is 2. The van der Waals surface area contributed by atoms with E-state index in [9.17, 15) is 4.39 Å². The molecule has 0 aliphatic carbocycles. The summed E-state index contributed by atoms with van der Waals surface area (Å²) in [6.07, 6.45) is 3.31. The summed E-state index contributed by atoms with van der Waals surface area (Å²) in [5, 5.41) is 0. The van der Waals surface area contributed by atoms with E-state index in [2.05, 4.69) is 25.9 Å². The molecule has 0 saturated heterocycles. The number of benzene rings is 1. The van der Waals surface area contributed by atoms with Crippen molar-refractivity contribution in [3.05, 3.63) is 40.5 Å². The van der Waals surface area contributed by atoms with Gasteiger partial charge >= 0.3 is 0 Å². The highest BCUT2D eigenvalue weighted by Crippen LogP contribution is 2.24. The summed E-state index contributed by atoms with van der Waals surface area (Å²) in [5.41, 5.74) is 6.65. The van der Waals surface area contributed by atoms with Crippen molar-refractivity contribution >= 4 is 15.9 Å². The van der Waals surface area contributed by atoms with E-state index in [1.807, 2.05) is 0 Å². The number of nitrogens with one attached hydrogen (secondary N) is 1. The first-order valence-corrected chi connectivity index (χ1v) is 6.19. The molecule has 2 aromatic rings. The standard InChI is InChI=1S/C12H13BrFN3/c13-8-3-4-9(10(14)6-8)11-7-16-12(17-11)2-1-5-15/h3-4,6-7H,1-2,5,15H2,(H,16,17). The van der Waals surface area contributed by atoms with Crippen molar-refractivity contribution in [3.63, 3.8) is 0 Å². The van der Waals surface area contributed by atoms with Gasteiger partial charge in [-0.05, 0) is 31.2 Å². The zero-order chi connectivity index (χ0) is 12.3. The normalized spacial score (nSPS) is 10.8. The van der Waals surface area contributed by atoms with E-state index in [1.54, 1.807) is 18.3 Å². The number of H-pyrrole nitrogens is 1. The maximum atomic E-state index is 13.7. The van der Waals surface area contributed by atoms with Crippen LogP contribution >= 0.6 is 15.9 Å². The molecule has 3 nitrogen and oxygen atoms in total. The fourth-order valence-corrected chi connectivity index (χ4v) is 1.94. The third-order valence-corrected chi connectivity index (χ3v) is 2.96. The van der Waals surface area contributed by atoms with Crippen molar-refractivity contribution in [2.24, 2.45) is 5.73 Å². The first kappa shape index (κ1) is 12.3. The van der Waals surface area contributed by atoms with Crippen LogP contribution in [0.1, 0.15) is 12.2 Å². The van der Waals surface area contributed by atoms with E-state index in [-0.39, 0.29) is 5.82 Å². The van der Waals surface area contributed by atoms with Gasteiger partial charge in [0.15, 0.2) is 0 Å². The molecule has 3 N–H and O–H groups in total. The third kappa shape index (κ3) is 2.92. The lowest BCUT2D eigenvalue weighted by Gasteiger charge is -2.00. The van der Waals surface area contributed by atoms with E-state index in [0.717, 1.165) is 23.1 Å². The molecule has 2 rings (SSSR count). The maximum absolute atomic E-state index is 13.7. The van der Waals surface area contributed by atoms with Gasteiger partial charge in [0.05, 0.1) is 11.9 Å². The Morgan fingerprint density at radius 1 is 1.41 bits per heavy atom. The van der Waals surface area contributed by atoms with Gasteiger partial charge in [-0.15, -0.1) is 0 Å². The Morgan fingerprint density at radius 3 is 2.94 bits per heavy atom. The molecule has 0 amide bonds. The molecule has 0 spiro atoms. The predicted molar refractivity (Wildman–Crippen MR) is 69.1 cm³/mol. The van der Waals surface area contributed by atoms with Crippen LogP contribution in [0.2, 0.25) is 0 Å². The van der Waals surface area contributed by atoms with Crippen molar-refractivity contribution in [2.75, 3.05) is 6.54 Å². The lowest BCUT2D eigenvalue weighted by atomic mass is 10.1. The van der Waals surface area contributed by atoms with Crippen molar-refractivity contribution in [1.82, 2.24) is 9.97 Å². The van der Waals surface area contributed by atoms with E-state index >= 15 is 0 Å². The molecule has 0 saturated carbocycles. The van der Waals surface area contributed by atoms with Gasteiger partial charge < -0.3 is 10.7 Å². The van der Waals surface area contributed by atoms with Crippen LogP contribution in [0.4, 0.5) is 4.39 Å². The van der Waals surface area contributed by atoms with Gasteiger partial charge in [0.1, 0.15) is 11.6 Å². The van der Waals surface area contributed by atoms with Crippen LogP contribution in [-0.4, -0.2) is 16.5 Å². The van der Waals surface area contributed by atoms with Crippen LogP contribution in [-0.2, 0) is 6.42 Å². The first-order valence-electron chi connectivity index (χ1n) is 5.40. The highest BCUT2D eigenvalue weighted by atomic mass is 79.9. The van der Waals surface area contributed by atoms with Gasteiger partial charge in [-0.25, -0.2) is 9.37 Å². The minimum absolute atomic E-state index is 0.270. The fourth-order valence-electron chi connectivity index (χ4n) is 1.60. The summed E-state index contributed by atoms with van der Waals surface area (Å²) < 4.78 is 14.4. The zero-order valence-corrected chi connectivity index (χ0v) is 10.8. The summed E-state index contributed by atoms with van der Waals surface area (Å²) in [6.45, 7) is 0.628. The Balaban J connectivity index is 2.24. The number of hydrogen-bond donors (Lipinski definition) is 2. The summed E-state index contributed by atoms with van der Waals surface area (Å²) >= 11 is 3.23. The molecule has 17 heavy (non-hydrogen) atoms. The van der Waals surface area contributed by atoms with Gasteiger partial charge in [0.2, 0.25) is 0 Å². The van der Waals surface area contributed by atoms with Crippen molar-refractivity contribution in [1.29, 1.82) is 0 Å². The largest absolute Gasteiger partial charge is 0.342 e. The lowest BCUT2D eigenvalue weighted by Crippen LogP contribution is -2.01. The number of nitrogens with two attached hydrogens (primary N) is 1. The number of aryl methyl sites for hydroxylation is 1. The zero-order valence-electron chi connectivity index (χ0n) is 9.21. The van der Waals surface area contributed by atoms with E-state index in [4.69, 9.17) is 5.73 Å². The van der Waals surface area contributed by atoms with Crippen LogP contribution < -0.4 is 5.73 Å². The quantitative estimate of drug-likeness (QED) is 0.912. The van der Waals surface area contributed by atoms with Gasteiger partial charge in [0, 0.05) is 16.5 Å². The van der Waals surface area contributed by atoms with Gasteiger partial charge in [-0.1, -0.05) is 15.9 Å². The molecule has 0 aliphatic rings. The Labute approximate surface area is 107 Å². The third-order valence-electron chi connectivity index (χ3n) is 2.47. The summed E-state index contributed by atoms with van der Waals surface area (Å²) in [7, 11) is 0. The summed E-state index contributed by atoms with van der Waals surface area (Å²) in [5.74, 6) is 0.571. The molecule has 0 radical (unpaired) electrons. The number of rotatable bonds is 4. The van der Waals surface area contributed by atoms with E-state index in [0.29, 0.717) is 17.8 Å². The van der Waals surface area contributed by atoms with E-state index in [1.165, 1.54) is 6.07 Å². The topological polar surface area (TPSA) is 54.7 Å². The molecule has 0 atom stereocenters. The predicted octanol–water partition coefficient (Wildman–Crippen LogP) is 2.87. The number of imidazole rings is 1. The van der Waals surface area contributed by atoms with Crippen LogP contribution in [0.3, 0.4) is 0 Å². The highest BCUT2D eigenvalue weighted by Gasteiger charge is 2.08. The number of aromatic amines is 1. The molecule has 5 heteroatoms. The van der Waals surface area contributed by atoms with Crippen LogP contribution in [0.5, 0.6) is 0 Å². The van der Waals surface area contributed by atoms with Crippen molar-refractivity contribution < 1.29 is 4.39 Å². The Kier molecular flexibility index (Phi) is 3.91. The van der Waals surface area contributed by atoms with Crippen LogP contribution in [0.15, 0.2) is 28.9 Å². The molecule has 0 aliphatic heterocycles. The minimum atomic E-state index is -0.270. The number of nitrogens with zero attached hydrogens (tertiary/aromatic N) is 1. The molecule has 1 heterocycles. The maximum Gasteiger partial charge on any atom is 0.133 e. The second-order valence-corrected chi connectivity index (χ2v) is 4.68. The fraction of sp³-hybridized carbons (Fsp3) is 0.250. The Hall–Kier alpha value is -1.20. The molecule has 1 aromatic carbocycles. The smallest absolute Gasteiger partial charge is 0.133 e. The van der Waals surface area contributed by atoms with Gasteiger partial charge in [0.25, 0.3) is 0 Å². The first-order chi connectivity index (χ1) is 8.20. The van der Waals surface area contributed by atoms with E-state index < -0.39 is 0 Å². The van der Waals surface area contributed by atoms with Crippen molar-refractivity contribution in [2.45, 2.75) is 12.8 Å². The molecule has 0 unspecified atom stereocenters. The van der Waals surface area contributed by atoms with Crippen LogP contribution in [0.25, 0.3) is 11.3 Å². The monoisotopic (exact) mass is 297 g/mol. The SMILES string of the molecule is NCCCc1ncc(-c2ccc(Br)cc2F)[nH]1. The molecular formula is C12H13BrFN3. The Bertz CT molecular complexity index is 510. The molecule has 0 bridgehead atoms. The highest BCUT2D eigenvalue weighted by molar-refractivity contribution is 9.10. The minimum Gasteiger partial charge on any atom is -0.342 e. The second kappa shape index (κ2) is 5.42. The lowest BCUT2D eigenvalue weighted by molar-refractivity contribution is 0.630. The summed E-state index contributed by atoms with van der Waals surface area (Å²) in [6, 6.07) is 4.97. The second-order valence-electron chi connectivity index (χ2n) is 3.76. The summed E-state index contributed by atoms with van der Waals surface area (Å²) in [4.78, 5) is 7.31. The van der Waals surface area contributed by atoms with Gasteiger partial charge in [-0.2, -0.15) is 0 Å². The average molecular weight is 298 g/mol. The number of halogens is 2. The molecule has 0 fully saturated rings. The van der Waals surface area contributed by atoms with Crippen molar-refractivity contribution in [3.8, 4) is 11.3 Å². The molecule has 90 valence electrons. The van der Waals surface area contributed by atoms with Crippen LogP contribution in [0, 0.1) is 5.82 Å². The number of aromatic nitrogens is 2. The molecule has 1 aromatic heterocycles. The van der Waals surface area contributed by atoms with Gasteiger partial charge in [-0.3, -0.25) is 0 Å². The Morgan fingerprint density at radius 2 is 2.24 bits per heavy atom. The average Bonchev–Trinajstić information content (AvgIpc) is 2.75.